The highest BCUT2D eigenvalue weighted by Crippen LogP contribution is 2.19. The lowest BCUT2D eigenvalue weighted by atomic mass is 10.2. The number of aryl methyl sites for hydroxylation is 1. The fourth-order valence-corrected chi connectivity index (χ4v) is 2.37. The van der Waals surface area contributed by atoms with Gasteiger partial charge in [-0.25, -0.2) is 0 Å². The number of aromatic nitrogens is 2. The molecule has 0 amide bonds. The molecule has 1 aromatic carbocycles. The van der Waals surface area contributed by atoms with Crippen LogP contribution in [0.5, 0.6) is 0 Å². The van der Waals surface area contributed by atoms with Crippen LogP contribution in [-0.4, -0.2) is 41.3 Å². The van der Waals surface area contributed by atoms with Gasteiger partial charge in [-0.1, -0.05) is 47.6 Å². The van der Waals surface area contributed by atoms with Gasteiger partial charge in [-0.2, -0.15) is 4.98 Å². The van der Waals surface area contributed by atoms with E-state index in [1.807, 2.05) is 18.2 Å². The van der Waals surface area contributed by atoms with Gasteiger partial charge in [-0.15, -0.1) is 0 Å². The van der Waals surface area contributed by atoms with E-state index in [2.05, 4.69) is 39.3 Å². The van der Waals surface area contributed by atoms with Gasteiger partial charge in [-0.3, -0.25) is 4.90 Å². The summed E-state index contributed by atoms with van der Waals surface area (Å²) < 4.78 is 10.7. The Morgan fingerprint density at radius 3 is 2.95 bits per heavy atom. The molecule has 2 heterocycles. The van der Waals surface area contributed by atoms with Crippen LogP contribution in [0.3, 0.4) is 0 Å². The second kappa shape index (κ2) is 6.65. The Hall–Kier alpha value is -1.98. The van der Waals surface area contributed by atoms with Crippen LogP contribution in [0, 0.1) is 6.92 Å². The van der Waals surface area contributed by atoms with E-state index in [1.165, 1.54) is 5.56 Å². The molecule has 1 unspecified atom stereocenters. The minimum atomic E-state index is -0.0960. The van der Waals surface area contributed by atoms with Gasteiger partial charge < -0.3 is 9.26 Å². The first kappa shape index (κ1) is 14.0. The molecule has 1 fully saturated rings. The van der Waals surface area contributed by atoms with Crippen molar-refractivity contribution in [2.24, 2.45) is 0 Å². The van der Waals surface area contributed by atoms with Gasteiger partial charge in [0, 0.05) is 26.6 Å². The van der Waals surface area contributed by atoms with Crippen molar-refractivity contribution in [3.8, 4) is 0 Å². The maximum Gasteiger partial charge on any atom is 0.223 e. The topological polar surface area (TPSA) is 51.4 Å². The van der Waals surface area contributed by atoms with Crippen molar-refractivity contribution in [2.75, 3.05) is 26.2 Å². The van der Waals surface area contributed by atoms with Crippen LogP contribution >= 0.6 is 0 Å². The molecule has 0 bridgehead atoms. The number of benzene rings is 1. The molecule has 110 valence electrons. The van der Waals surface area contributed by atoms with Gasteiger partial charge in [0.15, 0.2) is 0 Å². The van der Waals surface area contributed by atoms with E-state index in [-0.39, 0.29) is 6.10 Å². The summed E-state index contributed by atoms with van der Waals surface area (Å²) in [6.45, 7) is 5.09. The first-order valence-electron chi connectivity index (χ1n) is 7.17. The second-order valence-corrected chi connectivity index (χ2v) is 5.10. The average molecular weight is 285 g/mol. The van der Waals surface area contributed by atoms with E-state index in [0.29, 0.717) is 18.3 Å². The van der Waals surface area contributed by atoms with Crippen LogP contribution in [-0.2, 0) is 4.74 Å². The van der Waals surface area contributed by atoms with Crippen molar-refractivity contribution in [3.63, 3.8) is 0 Å². The Bertz CT molecular complexity index is 595. The van der Waals surface area contributed by atoms with Crippen molar-refractivity contribution in [3.05, 3.63) is 53.7 Å². The number of nitrogens with zero attached hydrogens (tertiary/aromatic N) is 3. The van der Waals surface area contributed by atoms with Gasteiger partial charge >= 0.3 is 0 Å². The highest BCUT2D eigenvalue weighted by Gasteiger charge is 2.25. The van der Waals surface area contributed by atoms with Gasteiger partial charge in [0.25, 0.3) is 0 Å². The summed E-state index contributed by atoms with van der Waals surface area (Å²) in [5, 5.41) is 3.95. The van der Waals surface area contributed by atoms with Crippen LogP contribution < -0.4 is 0 Å². The Kier molecular flexibility index (Phi) is 4.43. The molecule has 21 heavy (non-hydrogen) atoms. The van der Waals surface area contributed by atoms with E-state index < -0.39 is 0 Å². The Labute approximate surface area is 124 Å². The maximum absolute atomic E-state index is 5.72. The van der Waals surface area contributed by atoms with E-state index in [0.717, 1.165) is 19.6 Å². The Balaban J connectivity index is 1.55. The quantitative estimate of drug-likeness (QED) is 0.863. The molecular formula is C16H19N3O2. The van der Waals surface area contributed by atoms with Crippen LogP contribution in [0.2, 0.25) is 0 Å². The summed E-state index contributed by atoms with van der Waals surface area (Å²) in [6, 6.07) is 10.3. The lowest BCUT2D eigenvalue weighted by Crippen LogP contribution is -2.38. The molecule has 1 aromatic heterocycles. The van der Waals surface area contributed by atoms with Crippen molar-refractivity contribution >= 4 is 6.08 Å². The van der Waals surface area contributed by atoms with Crippen molar-refractivity contribution < 1.29 is 9.26 Å². The van der Waals surface area contributed by atoms with Gasteiger partial charge in [0.1, 0.15) is 6.10 Å². The van der Waals surface area contributed by atoms with Crippen molar-refractivity contribution in [1.82, 2.24) is 15.0 Å². The minimum absolute atomic E-state index is 0.0960. The molecule has 1 aliphatic heterocycles. The fraction of sp³-hybridized carbons (Fsp3) is 0.375. The predicted octanol–water partition coefficient (Wildman–Crippen LogP) is 2.46. The van der Waals surface area contributed by atoms with Crippen LogP contribution in [0.25, 0.3) is 6.08 Å². The second-order valence-electron chi connectivity index (χ2n) is 5.10. The summed E-state index contributed by atoms with van der Waals surface area (Å²) in [5.74, 6) is 1.22. The molecule has 5 nitrogen and oxygen atoms in total. The zero-order chi connectivity index (χ0) is 14.5. The largest absolute Gasteiger partial charge is 0.367 e. The molecule has 0 saturated carbocycles. The molecule has 5 heteroatoms. The van der Waals surface area contributed by atoms with Gasteiger partial charge in [0.2, 0.25) is 11.7 Å². The van der Waals surface area contributed by atoms with E-state index in [4.69, 9.17) is 9.26 Å². The SMILES string of the molecule is Cc1nc(C2CN(C/C=C/c3ccccc3)CCO2)no1. The van der Waals surface area contributed by atoms with Crippen LogP contribution in [0.15, 0.2) is 40.9 Å². The number of morpholine rings is 1. The molecular weight excluding hydrogens is 266 g/mol. The lowest BCUT2D eigenvalue weighted by molar-refractivity contribution is -0.0313. The number of rotatable bonds is 4. The van der Waals surface area contributed by atoms with Crippen molar-refractivity contribution in [1.29, 1.82) is 0 Å². The molecule has 1 aliphatic rings. The highest BCUT2D eigenvalue weighted by molar-refractivity contribution is 5.48. The first-order valence-corrected chi connectivity index (χ1v) is 7.17. The molecule has 3 rings (SSSR count). The standard InChI is InChI=1S/C16H19N3O2/c1-13-17-16(18-21-13)15-12-19(10-11-20-15)9-5-8-14-6-3-2-4-7-14/h2-8,15H,9-12H2,1H3/b8-5+. The zero-order valence-electron chi connectivity index (χ0n) is 12.1. The molecule has 0 aliphatic carbocycles. The number of hydrogen-bond acceptors (Lipinski definition) is 5. The maximum atomic E-state index is 5.72. The van der Waals surface area contributed by atoms with E-state index >= 15 is 0 Å². The number of ether oxygens (including phenoxy) is 1. The summed E-state index contributed by atoms with van der Waals surface area (Å²) in [7, 11) is 0. The third kappa shape index (κ3) is 3.77. The normalized spacial score (nSPS) is 20.1. The summed E-state index contributed by atoms with van der Waals surface area (Å²) in [4.78, 5) is 6.58. The minimum Gasteiger partial charge on any atom is -0.367 e. The Morgan fingerprint density at radius 1 is 1.33 bits per heavy atom. The van der Waals surface area contributed by atoms with Gasteiger partial charge in [0.05, 0.1) is 6.61 Å². The van der Waals surface area contributed by atoms with E-state index in [1.54, 1.807) is 6.92 Å². The third-order valence-electron chi connectivity index (χ3n) is 3.46. The van der Waals surface area contributed by atoms with Crippen LogP contribution in [0.1, 0.15) is 23.4 Å². The van der Waals surface area contributed by atoms with E-state index in [9.17, 15) is 0 Å². The first-order chi connectivity index (χ1) is 10.3. The smallest absolute Gasteiger partial charge is 0.223 e. The monoisotopic (exact) mass is 285 g/mol. The predicted molar refractivity (Wildman–Crippen MR) is 79.6 cm³/mol. The molecule has 0 spiro atoms. The zero-order valence-corrected chi connectivity index (χ0v) is 12.1. The molecule has 1 saturated heterocycles. The fourth-order valence-electron chi connectivity index (χ4n) is 2.37. The molecule has 1 atom stereocenters. The summed E-state index contributed by atoms with van der Waals surface area (Å²) in [6.07, 6.45) is 4.23. The highest BCUT2D eigenvalue weighted by atomic mass is 16.5. The molecule has 2 aromatic rings. The third-order valence-corrected chi connectivity index (χ3v) is 3.46. The van der Waals surface area contributed by atoms with Gasteiger partial charge in [-0.05, 0) is 5.56 Å². The Morgan fingerprint density at radius 2 is 2.19 bits per heavy atom. The lowest BCUT2D eigenvalue weighted by Gasteiger charge is -2.30. The molecule has 0 radical (unpaired) electrons. The number of hydrogen-bond donors (Lipinski definition) is 0. The van der Waals surface area contributed by atoms with Crippen LogP contribution in [0.4, 0.5) is 0 Å². The molecule has 0 N–H and O–H groups in total. The summed E-state index contributed by atoms with van der Waals surface area (Å²) >= 11 is 0. The van der Waals surface area contributed by atoms with Crippen molar-refractivity contribution in [2.45, 2.75) is 13.0 Å². The summed E-state index contributed by atoms with van der Waals surface area (Å²) in [5.41, 5.74) is 1.22. The average Bonchev–Trinajstić information content (AvgIpc) is 2.95.